The van der Waals surface area contributed by atoms with Crippen LogP contribution < -0.4 is 20.9 Å². The third-order valence-electron chi connectivity index (χ3n) is 10.3. The molecule has 4 aromatic heterocycles. The van der Waals surface area contributed by atoms with Crippen molar-refractivity contribution in [2.24, 2.45) is 0 Å². The predicted molar refractivity (Wildman–Crippen MR) is 225 cm³/mol. The van der Waals surface area contributed by atoms with Crippen LogP contribution in [-0.4, -0.2) is 109 Å². The molecule has 3 saturated heterocycles. The lowest BCUT2D eigenvalue weighted by atomic mass is 10.1. The Morgan fingerprint density at radius 3 is 1.92 bits per heavy atom. The topological polar surface area (TPSA) is 264 Å². The maximum atomic E-state index is 16.8. The van der Waals surface area contributed by atoms with Crippen LogP contribution >= 0.6 is 25.7 Å². The number of aromatic nitrogens is 8. The second-order valence-electron chi connectivity index (χ2n) is 14.6. The highest BCUT2D eigenvalue weighted by Crippen LogP contribution is 2.65. The third kappa shape index (κ3) is 8.96. The van der Waals surface area contributed by atoms with E-state index in [1.54, 1.807) is 36.4 Å². The van der Waals surface area contributed by atoms with Crippen molar-refractivity contribution in [3.8, 4) is 11.5 Å². The summed E-state index contributed by atoms with van der Waals surface area (Å²) in [5.41, 5.74) is 13.3. The summed E-state index contributed by atoms with van der Waals surface area (Å²) in [7, 11) is 1.31. The van der Waals surface area contributed by atoms with Crippen molar-refractivity contribution in [2.45, 2.75) is 68.3 Å². The van der Waals surface area contributed by atoms with Gasteiger partial charge in [-0.05, 0) is 59.8 Å². The summed E-state index contributed by atoms with van der Waals surface area (Å²) in [6.07, 6.45) is -8.09. The van der Waals surface area contributed by atoms with Gasteiger partial charge >= 0.3 is 12.8 Å². The van der Waals surface area contributed by atoms with E-state index < -0.39 is 82.7 Å². The van der Waals surface area contributed by atoms with Crippen LogP contribution in [0.1, 0.15) is 41.7 Å². The summed E-state index contributed by atoms with van der Waals surface area (Å²) in [4.78, 5) is 37.3. The first-order valence-corrected chi connectivity index (χ1v) is 24.3. The van der Waals surface area contributed by atoms with E-state index in [2.05, 4.69) is 29.9 Å². The number of hydrogen-bond acceptors (Lipinski definition) is 20. The van der Waals surface area contributed by atoms with Gasteiger partial charge in [-0.2, -0.15) is 0 Å². The van der Waals surface area contributed by atoms with Crippen molar-refractivity contribution >= 4 is 73.2 Å². The van der Waals surface area contributed by atoms with Crippen molar-refractivity contribution in [3.63, 3.8) is 0 Å². The normalized spacial score (nSPS) is 29.7. The standard InChI is InChI=1S/C37H37BF2N10O11P2S/c1-2-11-54-21-9-5-20(6-10-21)37(51)57-22-7-3-19(4-8-22)14-64-63(53)56-13-24-29(25(39)35(59-24)49-17-47-27-31(41)43-15-45-33(27)49)60-62(38,52)55-12-23-30(61-63)26(40)36(58-23)50-18-48-28-32(42)44-16-46-34(28)50/h3-10,15-18,23-26,29-30,35-36H,2,11-14H2,1H3,(H2,41,43,45)(H2,42,44,46)/t23-,24-,25-,26-,29-,30-,35-,36-,62-,63-/m1/s1. The van der Waals surface area contributed by atoms with Gasteiger partial charge in [0.15, 0.2) is 47.7 Å². The number of carbonyl (C=O) groups excluding carboxylic acids is 1. The average molecular weight is 941 g/mol. The van der Waals surface area contributed by atoms with E-state index in [-0.39, 0.29) is 45.5 Å². The van der Waals surface area contributed by atoms with Crippen LogP contribution in [0.15, 0.2) is 73.8 Å². The Morgan fingerprint density at radius 1 is 0.797 bits per heavy atom. The molecule has 27 heteroatoms. The number of nitrogens with zero attached hydrogens (tertiary/aromatic N) is 8. The number of nitrogen functional groups attached to an aromatic ring is 2. The Hall–Kier alpha value is -5.10. The quantitative estimate of drug-likeness (QED) is 0.0749. The zero-order valence-corrected chi connectivity index (χ0v) is 36.0. The highest BCUT2D eigenvalue weighted by atomic mass is 32.7. The molecule has 0 spiro atoms. The molecule has 21 nitrogen and oxygen atoms in total. The Balaban J connectivity index is 0.975. The number of benzene rings is 2. The van der Waals surface area contributed by atoms with E-state index in [0.717, 1.165) is 19.1 Å². The molecular formula is C37H37BF2N10O11P2S. The molecule has 0 saturated carbocycles. The zero-order valence-electron chi connectivity index (χ0n) is 33.4. The number of ether oxygens (including phenoxy) is 4. The van der Waals surface area contributed by atoms with Gasteiger partial charge in [0.25, 0.3) is 7.47 Å². The molecule has 10 atom stereocenters. The lowest BCUT2D eigenvalue weighted by Gasteiger charge is -2.30. The molecule has 0 aliphatic carbocycles. The summed E-state index contributed by atoms with van der Waals surface area (Å²) < 4.78 is 111. The number of nitrogens with two attached hydrogens (primary N) is 2. The third-order valence-corrected chi connectivity index (χ3v) is 15.0. The fraction of sp³-hybridized carbons (Fsp3) is 0.378. The molecule has 0 amide bonds. The Labute approximate surface area is 367 Å². The number of hydrogen-bond donors (Lipinski definition) is 2. The summed E-state index contributed by atoms with van der Waals surface area (Å²) in [6, 6.07) is 12.8. The average Bonchev–Trinajstić information content (AvgIpc) is 4.06. The Morgan fingerprint density at radius 2 is 1.34 bits per heavy atom. The minimum absolute atomic E-state index is 0.0211. The molecule has 6 aromatic rings. The molecule has 64 heavy (non-hydrogen) atoms. The molecule has 7 heterocycles. The molecule has 3 aliphatic heterocycles. The predicted octanol–water partition coefficient (Wildman–Crippen LogP) is 5.44. The molecule has 2 aromatic carbocycles. The molecule has 3 aliphatic rings. The first-order valence-electron chi connectivity index (χ1n) is 19.6. The minimum atomic E-state index is -4.69. The van der Waals surface area contributed by atoms with Crippen LogP contribution in [0.5, 0.6) is 11.5 Å². The van der Waals surface area contributed by atoms with Gasteiger partial charge in [0, 0.05) is 5.75 Å². The summed E-state index contributed by atoms with van der Waals surface area (Å²) in [6.45, 7) is -3.48. The fourth-order valence-electron chi connectivity index (χ4n) is 7.14. The van der Waals surface area contributed by atoms with Gasteiger partial charge < -0.3 is 39.5 Å². The summed E-state index contributed by atoms with van der Waals surface area (Å²) in [5.74, 6) is 0.239. The lowest BCUT2D eigenvalue weighted by molar-refractivity contribution is -0.0546. The second kappa shape index (κ2) is 18.1. The van der Waals surface area contributed by atoms with Crippen molar-refractivity contribution < 1.29 is 59.7 Å². The monoisotopic (exact) mass is 940 g/mol. The van der Waals surface area contributed by atoms with Crippen LogP contribution in [0.2, 0.25) is 0 Å². The van der Waals surface area contributed by atoms with E-state index >= 15 is 8.78 Å². The van der Waals surface area contributed by atoms with Crippen molar-refractivity contribution in [3.05, 3.63) is 85.0 Å². The Bertz CT molecular complexity index is 2760. The number of anilines is 2. The molecule has 2 radical (unpaired) electrons. The van der Waals surface area contributed by atoms with Crippen LogP contribution in [-0.2, 0) is 42.5 Å². The number of alkyl halides is 2. The van der Waals surface area contributed by atoms with E-state index in [9.17, 15) is 13.9 Å². The summed E-state index contributed by atoms with van der Waals surface area (Å²) >= 11 is 0.674. The van der Waals surface area contributed by atoms with Crippen LogP contribution in [0.4, 0.5) is 20.4 Å². The van der Waals surface area contributed by atoms with Crippen LogP contribution in [0.25, 0.3) is 22.3 Å². The number of esters is 1. The van der Waals surface area contributed by atoms with Gasteiger partial charge in [-0.25, -0.2) is 48.0 Å². The van der Waals surface area contributed by atoms with Gasteiger partial charge in [-0.15, -0.1) is 0 Å². The molecule has 4 N–H and O–H groups in total. The van der Waals surface area contributed by atoms with Crippen molar-refractivity contribution in [1.82, 2.24) is 39.0 Å². The minimum Gasteiger partial charge on any atom is -0.494 e. The number of carbonyl (C=O) groups is 1. The molecule has 3 fully saturated rings. The van der Waals surface area contributed by atoms with Crippen molar-refractivity contribution in [1.29, 1.82) is 0 Å². The van der Waals surface area contributed by atoms with Crippen LogP contribution in [0, 0.1) is 0 Å². The van der Waals surface area contributed by atoms with E-state index in [0.29, 0.717) is 34.9 Å². The van der Waals surface area contributed by atoms with Crippen molar-refractivity contribution in [2.75, 3.05) is 31.3 Å². The highest BCUT2D eigenvalue weighted by Gasteiger charge is 2.54. The molecule has 0 unspecified atom stereocenters. The number of fused-ring (bicyclic) bond motifs is 4. The summed E-state index contributed by atoms with van der Waals surface area (Å²) in [5, 5.41) is 0. The first kappa shape index (κ1) is 44.1. The highest BCUT2D eigenvalue weighted by molar-refractivity contribution is 8.54. The Kier molecular flexibility index (Phi) is 12.4. The van der Waals surface area contributed by atoms with E-state index in [4.69, 9.17) is 56.1 Å². The molecule has 0 bridgehead atoms. The molecule has 9 rings (SSSR count). The zero-order chi connectivity index (χ0) is 44.8. The van der Waals surface area contributed by atoms with Gasteiger partial charge in [-0.3, -0.25) is 22.7 Å². The fourth-order valence-corrected chi connectivity index (χ4v) is 11.5. The maximum absolute atomic E-state index is 16.8. The second-order valence-corrected chi connectivity index (χ2v) is 20.2. The van der Waals surface area contributed by atoms with Gasteiger partial charge in [0.2, 0.25) is 7.57 Å². The van der Waals surface area contributed by atoms with Gasteiger partial charge in [0.05, 0.1) is 38.0 Å². The smallest absolute Gasteiger partial charge is 0.389 e. The largest absolute Gasteiger partial charge is 0.494 e. The lowest BCUT2D eigenvalue weighted by Crippen LogP contribution is -2.37. The first-order chi connectivity index (χ1) is 30.8. The van der Waals surface area contributed by atoms with E-state index in [1.807, 2.05) is 6.92 Å². The van der Waals surface area contributed by atoms with E-state index in [1.165, 1.54) is 33.9 Å². The maximum Gasteiger partial charge on any atom is 0.389 e. The van der Waals surface area contributed by atoms with Gasteiger partial charge in [-0.1, -0.05) is 19.1 Å². The van der Waals surface area contributed by atoms with Gasteiger partial charge in [0.1, 0.15) is 59.6 Å². The number of rotatable bonds is 10. The molecular weight excluding hydrogens is 903 g/mol. The number of halogens is 2. The number of imidazole rings is 2. The molecule has 334 valence electrons. The van der Waals surface area contributed by atoms with Crippen LogP contribution in [0.3, 0.4) is 0 Å². The SMILES string of the molecule is [B][P@@]1(=O)OC[C@H]2O[C@@H](n3cnc4c(N)ncnc43)[C@H](F)[C@@H]2O[P@](=O)(SCc2ccc(OC(=O)c3ccc(OCCC)cc3)cc2)OC[C@H]2O[C@@H](n3cnc4c(N)ncnc43)[C@H](F)[C@@H]2O1.